The van der Waals surface area contributed by atoms with E-state index in [2.05, 4.69) is 17.4 Å². The number of benzene rings is 2. The maximum absolute atomic E-state index is 13.1. The van der Waals surface area contributed by atoms with Crippen LogP contribution in [0.4, 0.5) is 0 Å². The Morgan fingerprint density at radius 2 is 1.86 bits per heavy atom. The van der Waals surface area contributed by atoms with Crippen molar-refractivity contribution in [1.29, 1.82) is 0 Å². The summed E-state index contributed by atoms with van der Waals surface area (Å²) in [6, 6.07) is 17.7. The summed E-state index contributed by atoms with van der Waals surface area (Å²) in [6.07, 6.45) is 1.84. The quantitative estimate of drug-likeness (QED) is 0.655. The van der Waals surface area contributed by atoms with Crippen molar-refractivity contribution in [2.24, 2.45) is 0 Å². The second kappa shape index (κ2) is 9.19. The van der Waals surface area contributed by atoms with E-state index in [0.717, 1.165) is 23.4 Å². The van der Waals surface area contributed by atoms with E-state index in [1.54, 1.807) is 12.0 Å². The molecule has 0 bridgehead atoms. The van der Waals surface area contributed by atoms with Crippen LogP contribution < -0.4 is 10.1 Å². The van der Waals surface area contributed by atoms with Crippen molar-refractivity contribution in [2.75, 3.05) is 34.3 Å². The topological polar surface area (TPSA) is 59.4 Å². The molecule has 6 nitrogen and oxygen atoms in total. The molecule has 3 aromatic rings. The molecule has 1 amide bonds. The molecule has 1 N–H and O–H groups in total. The van der Waals surface area contributed by atoms with E-state index in [9.17, 15) is 4.79 Å². The van der Waals surface area contributed by atoms with Crippen LogP contribution in [0, 0.1) is 0 Å². The first-order valence-electron chi connectivity index (χ1n) is 9.28. The first kappa shape index (κ1) is 19.6. The van der Waals surface area contributed by atoms with Gasteiger partial charge in [0.25, 0.3) is 5.91 Å². The van der Waals surface area contributed by atoms with E-state index in [1.807, 2.05) is 67.4 Å². The van der Waals surface area contributed by atoms with Crippen LogP contribution in [0.25, 0.3) is 11.3 Å². The molecule has 0 aliphatic rings. The highest BCUT2D eigenvalue weighted by molar-refractivity contribution is 5.99. The van der Waals surface area contributed by atoms with Gasteiger partial charge in [0, 0.05) is 31.9 Å². The number of nitrogens with one attached hydrogen (secondary N) is 1. The number of hydrogen-bond donors (Lipinski definition) is 1. The summed E-state index contributed by atoms with van der Waals surface area (Å²) in [5.74, 6) is 0.729. The van der Waals surface area contributed by atoms with Crippen molar-refractivity contribution >= 4 is 5.91 Å². The van der Waals surface area contributed by atoms with Gasteiger partial charge in [-0.2, -0.15) is 5.10 Å². The summed E-state index contributed by atoms with van der Waals surface area (Å²) >= 11 is 0. The monoisotopic (exact) mass is 378 g/mol. The Morgan fingerprint density at radius 1 is 1.14 bits per heavy atom. The van der Waals surface area contributed by atoms with Gasteiger partial charge in [-0.15, -0.1) is 0 Å². The second-order valence-electron chi connectivity index (χ2n) is 6.63. The summed E-state index contributed by atoms with van der Waals surface area (Å²) in [4.78, 5) is 14.8. The predicted molar refractivity (Wildman–Crippen MR) is 111 cm³/mol. The van der Waals surface area contributed by atoms with Gasteiger partial charge in [-0.25, -0.2) is 0 Å². The van der Waals surface area contributed by atoms with Crippen LogP contribution in [0.5, 0.6) is 5.75 Å². The van der Waals surface area contributed by atoms with Crippen molar-refractivity contribution in [3.05, 3.63) is 71.9 Å². The maximum Gasteiger partial charge on any atom is 0.257 e. The van der Waals surface area contributed by atoms with Crippen LogP contribution in [0.1, 0.15) is 15.9 Å². The molecule has 0 radical (unpaired) electrons. The van der Waals surface area contributed by atoms with Crippen molar-refractivity contribution in [1.82, 2.24) is 20.0 Å². The van der Waals surface area contributed by atoms with Crippen molar-refractivity contribution < 1.29 is 9.53 Å². The lowest BCUT2D eigenvalue weighted by Gasteiger charge is -2.16. The molecule has 0 aliphatic heterocycles. The first-order valence-corrected chi connectivity index (χ1v) is 9.28. The van der Waals surface area contributed by atoms with E-state index < -0.39 is 0 Å². The number of amides is 1. The Balaban J connectivity index is 1.95. The van der Waals surface area contributed by atoms with Crippen LogP contribution in [0.15, 0.2) is 60.8 Å². The molecular formula is C22H26N4O2. The van der Waals surface area contributed by atoms with Gasteiger partial charge in [-0.05, 0) is 36.9 Å². The summed E-state index contributed by atoms with van der Waals surface area (Å²) in [6.45, 7) is 1.97. The summed E-state index contributed by atoms with van der Waals surface area (Å²) in [5.41, 5.74) is 3.30. The Labute approximate surface area is 165 Å². The average molecular weight is 378 g/mol. The normalized spacial score (nSPS) is 10.7. The SMILES string of the molecule is CNCCN(C)C(=O)c1cn(Cc2ccccc2)nc1-c1ccc(OC)cc1. The molecule has 0 unspecified atom stereocenters. The molecule has 0 spiro atoms. The standard InChI is InChI=1S/C22H26N4O2/c1-23-13-14-25(2)22(27)20-16-26(15-17-7-5-4-6-8-17)24-21(20)18-9-11-19(28-3)12-10-18/h4-12,16,23H,13-15H2,1-3H3. The molecule has 146 valence electrons. The number of rotatable bonds is 8. The highest BCUT2D eigenvalue weighted by Gasteiger charge is 2.21. The van der Waals surface area contributed by atoms with Gasteiger partial charge < -0.3 is 15.0 Å². The van der Waals surface area contributed by atoms with Gasteiger partial charge in [0.05, 0.1) is 19.2 Å². The molecule has 1 heterocycles. The average Bonchev–Trinajstić information content (AvgIpc) is 3.15. The molecular weight excluding hydrogens is 352 g/mol. The van der Waals surface area contributed by atoms with Crippen LogP contribution in [-0.2, 0) is 6.54 Å². The molecule has 0 saturated carbocycles. The van der Waals surface area contributed by atoms with E-state index in [-0.39, 0.29) is 5.91 Å². The van der Waals surface area contributed by atoms with Crippen LogP contribution >= 0.6 is 0 Å². The zero-order valence-electron chi connectivity index (χ0n) is 16.6. The van der Waals surface area contributed by atoms with E-state index in [4.69, 9.17) is 9.84 Å². The Bertz CT molecular complexity index is 904. The fourth-order valence-corrected chi connectivity index (χ4v) is 2.98. The minimum absolute atomic E-state index is 0.0413. The lowest BCUT2D eigenvalue weighted by molar-refractivity contribution is 0.0797. The molecule has 0 atom stereocenters. The zero-order chi connectivity index (χ0) is 19.9. The van der Waals surface area contributed by atoms with E-state index in [1.165, 1.54) is 0 Å². The third-order valence-corrected chi connectivity index (χ3v) is 4.59. The van der Waals surface area contributed by atoms with Crippen molar-refractivity contribution in [3.63, 3.8) is 0 Å². The van der Waals surface area contributed by atoms with Crippen molar-refractivity contribution in [3.8, 4) is 17.0 Å². The molecule has 0 saturated heterocycles. The van der Waals surface area contributed by atoms with E-state index in [0.29, 0.717) is 24.3 Å². The molecule has 1 aromatic heterocycles. The number of methoxy groups -OCH3 is 1. The maximum atomic E-state index is 13.1. The number of carbonyl (C=O) groups excluding carboxylic acids is 1. The number of aromatic nitrogens is 2. The van der Waals surface area contributed by atoms with E-state index >= 15 is 0 Å². The molecule has 3 rings (SSSR count). The second-order valence-corrected chi connectivity index (χ2v) is 6.63. The minimum atomic E-state index is -0.0413. The molecule has 0 fully saturated rings. The van der Waals surface area contributed by atoms with Crippen LogP contribution in [0.2, 0.25) is 0 Å². The number of likely N-dealkylation sites (N-methyl/N-ethyl adjacent to an activating group) is 2. The van der Waals surface area contributed by atoms with Gasteiger partial charge in [0.15, 0.2) is 0 Å². The Hall–Kier alpha value is -3.12. The largest absolute Gasteiger partial charge is 0.497 e. The zero-order valence-corrected chi connectivity index (χ0v) is 16.6. The molecule has 28 heavy (non-hydrogen) atoms. The minimum Gasteiger partial charge on any atom is -0.497 e. The number of ether oxygens (including phenoxy) is 1. The van der Waals surface area contributed by atoms with Gasteiger partial charge in [0.2, 0.25) is 0 Å². The number of carbonyl (C=O) groups is 1. The van der Waals surface area contributed by atoms with Gasteiger partial charge in [0.1, 0.15) is 11.4 Å². The van der Waals surface area contributed by atoms with Gasteiger partial charge >= 0.3 is 0 Å². The molecule has 6 heteroatoms. The third kappa shape index (κ3) is 4.58. The third-order valence-electron chi connectivity index (χ3n) is 4.59. The van der Waals surface area contributed by atoms with Crippen LogP contribution in [0.3, 0.4) is 0 Å². The molecule has 0 aliphatic carbocycles. The number of nitrogens with zero attached hydrogens (tertiary/aromatic N) is 3. The Morgan fingerprint density at radius 3 is 2.50 bits per heavy atom. The predicted octanol–water partition coefficient (Wildman–Crippen LogP) is 2.90. The fourth-order valence-electron chi connectivity index (χ4n) is 2.98. The highest BCUT2D eigenvalue weighted by atomic mass is 16.5. The first-order chi connectivity index (χ1) is 13.6. The summed E-state index contributed by atoms with van der Waals surface area (Å²) < 4.78 is 7.07. The Kier molecular flexibility index (Phi) is 6.45. The molecule has 2 aromatic carbocycles. The highest BCUT2D eigenvalue weighted by Crippen LogP contribution is 2.25. The lowest BCUT2D eigenvalue weighted by Crippen LogP contribution is -2.32. The van der Waals surface area contributed by atoms with Gasteiger partial charge in [-0.1, -0.05) is 30.3 Å². The van der Waals surface area contributed by atoms with Crippen LogP contribution in [-0.4, -0.2) is 54.9 Å². The lowest BCUT2D eigenvalue weighted by atomic mass is 10.1. The summed E-state index contributed by atoms with van der Waals surface area (Å²) in [7, 11) is 5.32. The fraction of sp³-hybridized carbons (Fsp3) is 0.273. The summed E-state index contributed by atoms with van der Waals surface area (Å²) in [5, 5.41) is 7.80. The number of hydrogen-bond acceptors (Lipinski definition) is 4. The van der Waals surface area contributed by atoms with Crippen molar-refractivity contribution in [2.45, 2.75) is 6.54 Å². The van der Waals surface area contributed by atoms with Gasteiger partial charge in [-0.3, -0.25) is 9.48 Å². The smallest absolute Gasteiger partial charge is 0.257 e.